The number of methoxy groups -OCH3 is 1. The fourth-order valence-electron chi connectivity index (χ4n) is 2.95. The summed E-state index contributed by atoms with van der Waals surface area (Å²) >= 11 is 1.45. The molecule has 1 atom stereocenters. The highest BCUT2D eigenvalue weighted by Crippen LogP contribution is 2.42. The van der Waals surface area contributed by atoms with Crippen molar-refractivity contribution in [3.63, 3.8) is 0 Å². The van der Waals surface area contributed by atoms with E-state index < -0.39 is 11.9 Å². The number of hydrogen-bond acceptors (Lipinski definition) is 5. The Kier molecular flexibility index (Phi) is 3.54. The summed E-state index contributed by atoms with van der Waals surface area (Å²) in [6.07, 6.45) is 1.89. The van der Waals surface area contributed by atoms with Crippen molar-refractivity contribution in [1.29, 1.82) is 0 Å². The Labute approximate surface area is 125 Å². The fraction of sp³-hybridized carbons (Fsp3) is 0.500. The molecule has 112 valence electrons. The van der Waals surface area contributed by atoms with Crippen molar-refractivity contribution < 1.29 is 14.6 Å². The molecule has 2 aromatic heterocycles. The first-order valence-corrected chi connectivity index (χ1v) is 7.66. The van der Waals surface area contributed by atoms with Crippen LogP contribution >= 0.6 is 11.3 Å². The molecule has 6 nitrogen and oxygen atoms in total. The predicted molar refractivity (Wildman–Crippen MR) is 79.0 cm³/mol. The maximum absolute atomic E-state index is 12.7. The van der Waals surface area contributed by atoms with E-state index in [4.69, 9.17) is 4.74 Å². The second-order valence-corrected chi connectivity index (χ2v) is 6.16. The number of carbonyl (C=O) groups is 1. The largest absolute Gasteiger partial charge is 0.481 e. The van der Waals surface area contributed by atoms with Gasteiger partial charge in [-0.25, -0.2) is 4.98 Å². The quantitative estimate of drug-likeness (QED) is 0.930. The van der Waals surface area contributed by atoms with Crippen LogP contribution in [0.4, 0.5) is 0 Å². The molecule has 0 fully saturated rings. The van der Waals surface area contributed by atoms with E-state index in [-0.39, 0.29) is 12.3 Å². The normalized spacial score (nSPS) is 17.3. The summed E-state index contributed by atoms with van der Waals surface area (Å²) in [5, 5.41) is 9.82. The molecule has 0 bridgehead atoms. The first-order valence-electron chi connectivity index (χ1n) is 6.85. The second kappa shape index (κ2) is 5.23. The van der Waals surface area contributed by atoms with Gasteiger partial charge in [0.1, 0.15) is 17.4 Å². The summed E-state index contributed by atoms with van der Waals surface area (Å²) in [4.78, 5) is 30.3. The van der Waals surface area contributed by atoms with Gasteiger partial charge in [0.25, 0.3) is 5.56 Å². The lowest BCUT2D eigenvalue weighted by atomic mass is 10.0. The summed E-state index contributed by atoms with van der Waals surface area (Å²) in [7, 11) is 1.52. The molecule has 1 unspecified atom stereocenters. The number of nitrogens with zero attached hydrogens (tertiary/aromatic N) is 2. The van der Waals surface area contributed by atoms with Crippen molar-refractivity contribution in [3.8, 4) is 0 Å². The average Bonchev–Trinajstić information content (AvgIpc) is 2.99. The van der Waals surface area contributed by atoms with Crippen LogP contribution in [0.2, 0.25) is 0 Å². The van der Waals surface area contributed by atoms with E-state index in [9.17, 15) is 14.7 Å². The van der Waals surface area contributed by atoms with Crippen LogP contribution in [0.3, 0.4) is 0 Å². The molecule has 1 N–H and O–H groups in total. The van der Waals surface area contributed by atoms with Gasteiger partial charge in [-0.15, -0.1) is 11.3 Å². The first kappa shape index (κ1) is 14.2. The number of thiophene rings is 1. The second-order valence-electron chi connectivity index (χ2n) is 5.08. The highest BCUT2D eigenvalue weighted by atomic mass is 32.1. The Morgan fingerprint density at radius 2 is 2.33 bits per heavy atom. The molecule has 0 saturated heterocycles. The van der Waals surface area contributed by atoms with E-state index in [0.717, 1.165) is 4.88 Å². The number of carboxylic acid groups (broad SMARTS) is 1. The lowest BCUT2D eigenvalue weighted by molar-refractivity contribution is -0.138. The van der Waals surface area contributed by atoms with Gasteiger partial charge < -0.3 is 9.84 Å². The Bertz CT molecular complexity index is 777. The molecule has 0 amide bonds. The molecule has 0 spiro atoms. The monoisotopic (exact) mass is 308 g/mol. The average molecular weight is 308 g/mol. The molecule has 21 heavy (non-hydrogen) atoms. The summed E-state index contributed by atoms with van der Waals surface area (Å²) in [6, 6.07) is 0. The molecule has 0 saturated carbocycles. The van der Waals surface area contributed by atoms with Gasteiger partial charge in [0.2, 0.25) is 0 Å². The number of fused-ring (bicyclic) bond motifs is 3. The van der Waals surface area contributed by atoms with Gasteiger partial charge in [-0.2, -0.15) is 0 Å². The zero-order valence-corrected chi connectivity index (χ0v) is 12.7. The third-order valence-corrected chi connectivity index (χ3v) is 5.04. The van der Waals surface area contributed by atoms with E-state index in [1.165, 1.54) is 23.0 Å². The fourth-order valence-corrected chi connectivity index (χ4v) is 4.20. The van der Waals surface area contributed by atoms with Crippen LogP contribution in [-0.2, 0) is 29.1 Å². The molecule has 3 rings (SSSR count). The maximum Gasteiger partial charge on any atom is 0.311 e. The van der Waals surface area contributed by atoms with E-state index in [1.807, 2.05) is 6.92 Å². The van der Waals surface area contributed by atoms with Crippen molar-refractivity contribution >= 4 is 27.5 Å². The number of ether oxygens (including phenoxy) is 1. The number of rotatable bonds is 4. The van der Waals surface area contributed by atoms with Crippen LogP contribution in [0.1, 0.15) is 35.5 Å². The lowest BCUT2D eigenvalue weighted by Crippen LogP contribution is -2.26. The van der Waals surface area contributed by atoms with Gasteiger partial charge in [0.15, 0.2) is 0 Å². The smallest absolute Gasteiger partial charge is 0.311 e. The number of aryl methyl sites for hydroxylation is 2. The van der Waals surface area contributed by atoms with Crippen LogP contribution in [0.25, 0.3) is 10.2 Å². The van der Waals surface area contributed by atoms with Crippen LogP contribution in [0.5, 0.6) is 0 Å². The van der Waals surface area contributed by atoms with Crippen molar-refractivity contribution in [1.82, 2.24) is 9.55 Å². The molecule has 7 heteroatoms. The topological polar surface area (TPSA) is 81.4 Å². The van der Waals surface area contributed by atoms with Crippen LogP contribution in [0, 0.1) is 0 Å². The van der Waals surface area contributed by atoms with E-state index in [2.05, 4.69) is 4.98 Å². The number of hydrogen-bond donors (Lipinski definition) is 1. The molecular weight excluding hydrogens is 292 g/mol. The van der Waals surface area contributed by atoms with Gasteiger partial charge in [-0.05, 0) is 18.4 Å². The molecule has 0 radical (unpaired) electrons. The lowest BCUT2D eigenvalue weighted by Gasteiger charge is -2.11. The zero-order chi connectivity index (χ0) is 15.1. The summed E-state index contributed by atoms with van der Waals surface area (Å²) in [6.45, 7) is 2.06. The van der Waals surface area contributed by atoms with E-state index in [0.29, 0.717) is 40.9 Å². The summed E-state index contributed by atoms with van der Waals surface area (Å²) in [5.41, 5.74) is 0.483. The summed E-state index contributed by atoms with van der Waals surface area (Å²) < 4.78 is 6.57. The van der Waals surface area contributed by atoms with Gasteiger partial charge in [0, 0.05) is 18.4 Å². The van der Waals surface area contributed by atoms with Crippen molar-refractivity contribution in [2.75, 3.05) is 7.11 Å². The Hall–Kier alpha value is -1.73. The SMILES string of the molecule is CCc1nc2sc3c(c2c(=O)n1COC)C(C(=O)O)CC3. The van der Waals surface area contributed by atoms with Crippen molar-refractivity contribution in [2.24, 2.45) is 0 Å². The number of carboxylic acids is 1. The van der Waals surface area contributed by atoms with E-state index >= 15 is 0 Å². The minimum atomic E-state index is -0.870. The molecule has 2 heterocycles. The molecule has 2 aromatic rings. The molecule has 1 aliphatic carbocycles. The Morgan fingerprint density at radius 1 is 1.57 bits per heavy atom. The molecule has 0 aromatic carbocycles. The van der Waals surface area contributed by atoms with Crippen molar-refractivity contribution in [2.45, 2.75) is 38.8 Å². The van der Waals surface area contributed by atoms with Crippen molar-refractivity contribution in [3.05, 3.63) is 26.6 Å². The highest BCUT2D eigenvalue weighted by Gasteiger charge is 2.34. The third kappa shape index (κ3) is 2.08. The van der Waals surface area contributed by atoms with Crippen LogP contribution < -0.4 is 5.56 Å². The first-order chi connectivity index (χ1) is 10.1. The maximum atomic E-state index is 12.7. The Balaban J connectivity index is 2.32. The molecular formula is C14H16N2O4S. The summed E-state index contributed by atoms with van der Waals surface area (Å²) in [5.74, 6) is -0.793. The minimum absolute atomic E-state index is 0.132. The van der Waals surface area contributed by atoms with Gasteiger partial charge >= 0.3 is 5.97 Å². The number of aliphatic carboxylic acids is 1. The van der Waals surface area contributed by atoms with E-state index in [1.54, 1.807) is 0 Å². The molecule has 1 aliphatic rings. The highest BCUT2D eigenvalue weighted by molar-refractivity contribution is 7.18. The van der Waals surface area contributed by atoms with Gasteiger partial charge in [-0.1, -0.05) is 6.92 Å². The molecule has 0 aliphatic heterocycles. The van der Waals surface area contributed by atoms with Gasteiger partial charge in [-0.3, -0.25) is 14.2 Å². The minimum Gasteiger partial charge on any atom is -0.481 e. The van der Waals surface area contributed by atoms with Crippen LogP contribution in [-0.4, -0.2) is 27.7 Å². The Morgan fingerprint density at radius 3 is 2.95 bits per heavy atom. The number of aromatic nitrogens is 2. The van der Waals surface area contributed by atoms with Crippen LogP contribution in [0.15, 0.2) is 4.79 Å². The third-order valence-electron chi connectivity index (χ3n) is 3.89. The van der Waals surface area contributed by atoms with Gasteiger partial charge in [0.05, 0.1) is 11.3 Å². The standard InChI is InChI=1S/C14H16N2O4S/c1-3-9-15-12-11(13(17)16(9)6-20-2)10-7(14(18)19)4-5-8(10)21-12/h7H,3-6H2,1-2H3,(H,18,19). The zero-order valence-electron chi connectivity index (χ0n) is 11.9. The predicted octanol–water partition coefficient (Wildman–Crippen LogP) is 1.74.